The van der Waals surface area contributed by atoms with Crippen molar-refractivity contribution in [1.29, 1.82) is 0 Å². The molecule has 21 heavy (non-hydrogen) atoms. The molecule has 0 spiro atoms. The van der Waals surface area contributed by atoms with Crippen LogP contribution in [-0.4, -0.2) is 33.8 Å². The molecule has 1 saturated heterocycles. The third kappa shape index (κ3) is 3.25. The van der Waals surface area contributed by atoms with Gasteiger partial charge in [-0.1, -0.05) is 27.2 Å². The van der Waals surface area contributed by atoms with Gasteiger partial charge in [-0.15, -0.1) is 0 Å². The van der Waals surface area contributed by atoms with Gasteiger partial charge in [-0.05, 0) is 19.3 Å². The van der Waals surface area contributed by atoms with Gasteiger partial charge in [-0.25, -0.2) is 4.98 Å². The summed E-state index contributed by atoms with van der Waals surface area (Å²) in [6.45, 7) is 7.91. The van der Waals surface area contributed by atoms with Crippen molar-refractivity contribution in [2.75, 3.05) is 0 Å². The Morgan fingerprint density at radius 1 is 1.43 bits per heavy atom. The van der Waals surface area contributed by atoms with Crippen LogP contribution in [0.15, 0.2) is 10.6 Å². The highest BCUT2D eigenvalue weighted by Crippen LogP contribution is 2.21. The number of carbonyl (C=O) groups is 2. The number of hydrogen-bond donors (Lipinski definition) is 1. The number of rotatable bonds is 5. The molecule has 2 atom stereocenters. The molecule has 0 aromatic carbocycles. The van der Waals surface area contributed by atoms with Crippen LogP contribution in [0.4, 0.5) is 0 Å². The van der Waals surface area contributed by atoms with Gasteiger partial charge in [-0.2, -0.15) is 0 Å². The quantitative estimate of drug-likeness (QED) is 0.895. The molecule has 0 bridgehead atoms. The Bertz CT molecular complexity index is 524. The number of nitrogens with one attached hydrogen (secondary N) is 1. The van der Waals surface area contributed by atoms with Crippen LogP contribution in [0.3, 0.4) is 0 Å². The number of carbonyl (C=O) groups excluding carboxylic acids is 2. The van der Waals surface area contributed by atoms with Crippen molar-refractivity contribution in [2.24, 2.45) is 5.92 Å². The third-order valence-corrected chi connectivity index (χ3v) is 3.69. The van der Waals surface area contributed by atoms with Crippen molar-refractivity contribution in [3.63, 3.8) is 0 Å². The summed E-state index contributed by atoms with van der Waals surface area (Å²) in [7, 11) is 0. The molecule has 2 unspecified atom stereocenters. The van der Waals surface area contributed by atoms with Crippen LogP contribution in [0.1, 0.15) is 45.3 Å². The fraction of sp³-hybridized carbons (Fsp3) is 0.667. The van der Waals surface area contributed by atoms with Gasteiger partial charge in [0.25, 0.3) is 0 Å². The van der Waals surface area contributed by atoms with E-state index >= 15 is 0 Å². The molecular weight excluding hydrogens is 270 g/mol. The largest absolute Gasteiger partial charge is 0.444 e. The summed E-state index contributed by atoms with van der Waals surface area (Å²) in [5.74, 6) is 1.06. The Kier molecular flexibility index (Phi) is 4.65. The molecule has 6 heteroatoms. The monoisotopic (exact) mass is 293 g/mol. The minimum absolute atomic E-state index is 0.0348. The molecule has 116 valence electrons. The van der Waals surface area contributed by atoms with Crippen molar-refractivity contribution in [3.05, 3.63) is 17.8 Å². The number of hydrogen-bond acceptors (Lipinski definition) is 4. The van der Waals surface area contributed by atoms with E-state index in [0.29, 0.717) is 18.1 Å². The van der Waals surface area contributed by atoms with E-state index in [9.17, 15) is 9.59 Å². The highest BCUT2D eigenvalue weighted by molar-refractivity contribution is 5.97. The second-order valence-corrected chi connectivity index (χ2v) is 5.87. The Morgan fingerprint density at radius 2 is 2.14 bits per heavy atom. The first-order chi connectivity index (χ1) is 9.93. The Labute approximate surface area is 124 Å². The molecule has 1 N–H and O–H groups in total. The van der Waals surface area contributed by atoms with E-state index in [1.165, 1.54) is 0 Å². The predicted octanol–water partition coefficient (Wildman–Crippen LogP) is 1.63. The number of nitrogens with zero attached hydrogens (tertiary/aromatic N) is 2. The third-order valence-electron chi connectivity index (χ3n) is 3.69. The van der Waals surface area contributed by atoms with E-state index in [1.54, 1.807) is 18.0 Å². The number of aromatic nitrogens is 1. The van der Waals surface area contributed by atoms with Gasteiger partial charge in [0.15, 0.2) is 0 Å². The molecule has 1 aliphatic heterocycles. The van der Waals surface area contributed by atoms with Crippen LogP contribution in [0, 0.1) is 12.8 Å². The van der Waals surface area contributed by atoms with Crippen LogP contribution in [0.25, 0.3) is 0 Å². The van der Waals surface area contributed by atoms with E-state index in [0.717, 1.165) is 6.42 Å². The zero-order chi connectivity index (χ0) is 15.6. The predicted molar refractivity (Wildman–Crippen MR) is 77.3 cm³/mol. The minimum Gasteiger partial charge on any atom is -0.444 e. The van der Waals surface area contributed by atoms with Crippen molar-refractivity contribution < 1.29 is 14.0 Å². The maximum absolute atomic E-state index is 12.6. The summed E-state index contributed by atoms with van der Waals surface area (Å²) in [4.78, 5) is 30.7. The lowest BCUT2D eigenvalue weighted by Crippen LogP contribution is -2.64. The molecular formula is C15H23N3O3. The van der Waals surface area contributed by atoms with E-state index in [2.05, 4.69) is 10.3 Å². The Balaban J connectivity index is 2.25. The summed E-state index contributed by atoms with van der Waals surface area (Å²) in [6, 6.07) is -0.911. The fourth-order valence-electron chi connectivity index (χ4n) is 2.74. The lowest BCUT2D eigenvalue weighted by molar-refractivity contribution is -0.152. The normalized spacial score (nSPS) is 22.8. The van der Waals surface area contributed by atoms with Gasteiger partial charge in [0.05, 0.1) is 12.7 Å². The maximum Gasteiger partial charge on any atom is 0.246 e. The second kappa shape index (κ2) is 6.28. The zero-order valence-corrected chi connectivity index (χ0v) is 13.0. The molecule has 2 amide bonds. The minimum atomic E-state index is -0.474. The molecule has 2 heterocycles. The molecule has 1 aromatic rings. The van der Waals surface area contributed by atoms with Gasteiger partial charge < -0.3 is 14.6 Å². The number of amides is 2. The van der Waals surface area contributed by atoms with Crippen molar-refractivity contribution >= 4 is 11.8 Å². The first-order valence-electron chi connectivity index (χ1n) is 7.46. The molecule has 1 aliphatic rings. The summed E-state index contributed by atoms with van der Waals surface area (Å²) < 4.78 is 5.46. The van der Waals surface area contributed by atoms with E-state index in [1.807, 2.05) is 20.8 Å². The first kappa shape index (κ1) is 15.5. The van der Waals surface area contributed by atoms with E-state index in [-0.39, 0.29) is 24.3 Å². The van der Waals surface area contributed by atoms with Crippen molar-refractivity contribution in [2.45, 2.75) is 59.2 Å². The molecule has 6 nitrogen and oxygen atoms in total. The number of piperazine rings is 1. The highest BCUT2D eigenvalue weighted by Gasteiger charge is 2.41. The Hall–Kier alpha value is -1.85. The van der Waals surface area contributed by atoms with Gasteiger partial charge in [0, 0.05) is 0 Å². The van der Waals surface area contributed by atoms with Crippen LogP contribution in [0.2, 0.25) is 0 Å². The van der Waals surface area contributed by atoms with Crippen LogP contribution in [0.5, 0.6) is 0 Å². The van der Waals surface area contributed by atoms with Crippen molar-refractivity contribution in [3.8, 4) is 0 Å². The van der Waals surface area contributed by atoms with Crippen LogP contribution >= 0.6 is 0 Å². The average Bonchev–Trinajstić information content (AvgIpc) is 2.80. The zero-order valence-electron chi connectivity index (χ0n) is 13.0. The average molecular weight is 293 g/mol. The highest BCUT2D eigenvalue weighted by atomic mass is 16.4. The molecule has 2 rings (SSSR count). The summed E-state index contributed by atoms with van der Waals surface area (Å²) >= 11 is 0. The summed E-state index contributed by atoms with van der Waals surface area (Å²) in [5, 5.41) is 2.84. The van der Waals surface area contributed by atoms with Crippen molar-refractivity contribution in [1.82, 2.24) is 15.2 Å². The van der Waals surface area contributed by atoms with E-state index in [4.69, 9.17) is 4.42 Å². The van der Waals surface area contributed by atoms with Gasteiger partial charge in [0.2, 0.25) is 17.7 Å². The first-order valence-corrected chi connectivity index (χ1v) is 7.46. The summed E-state index contributed by atoms with van der Waals surface area (Å²) in [5.41, 5.74) is 0. The SMILES string of the molecule is CCCC1NC(=O)C(C(C)C)N(Cc2ncc(C)o2)C1=O. The van der Waals surface area contributed by atoms with Crippen LogP contribution in [-0.2, 0) is 16.1 Å². The number of oxazole rings is 1. The topological polar surface area (TPSA) is 75.4 Å². The van der Waals surface area contributed by atoms with Gasteiger partial charge in [-0.3, -0.25) is 9.59 Å². The molecule has 0 aliphatic carbocycles. The fourth-order valence-corrected chi connectivity index (χ4v) is 2.74. The smallest absolute Gasteiger partial charge is 0.246 e. The maximum atomic E-state index is 12.6. The molecule has 1 fully saturated rings. The lowest BCUT2D eigenvalue weighted by Gasteiger charge is -2.40. The lowest BCUT2D eigenvalue weighted by atomic mass is 9.95. The second-order valence-electron chi connectivity index (χ2n) is 5.87. The molecule has 0 radical (unpaired) electrons. The van der Waals surface area contributed by atoms with Crippen LogP contribution < -0.4 is 5.32 Å². The van der Waals surface area contributed by atoms with Gasteiger partial charge >= 0.3 is 0 Å². The van der Waals surface area contributed by atoms with Gasteiger partial charge in [0.1, 0.15) is 17.8 Å². The standard InChI is InChI=1S/C15H23N3O3/c1-5-6-11-15(20)18(8-12-16-7-10(4)21-12)13(9(2)3)14(19)17-11/h7,9,11,13H,5-6,8H2,1-4H3,(H,17,19). The van der Waals surface area contributed by atoms with E-state index < -0.39 is 12.1 Å². The Morgan fingerprint density at radius 3 is 2.67 bits per heavy atom. The molecule has 1 aromatic heterocycles. The summed E-state index contributed by atoms with van der Waals surface area (Å²) in [6.07, 6.45) is 3.11. The molecule has 0 saturated carbocycles. The number of aryl methyl sites for hydroxylation is 1.